The summed E-state index contributed by atoms with van der Waals surface area (Å²) in [4.78, 5) is 28.7. The van der Waals surface area contributed by atoms with Gasteiger partial charge in [-0.25, -0.2) is 4.79 Å². The maximum absolute atomic E-state index is 12.6. The molecule has 3 amide bonds. The molecule has 1 aliphatic heterocycles. The van der Waals surface area contributed by atoms with Crippen LogP contribution in [0.25, 0.3) is 0 Å². The molecule has 28 heavy (non-hydrogen) atoms. The average Bonchev–Trinajstić information content (AvgIpc) is 2.95. The number of halogens is 2. The molecule has 5 nitrogen and oxygen atoms in total. The first-order valence-corrected chi connectivity index (χ1v) is 10.5. The molecule has 7 heteroatoms. The number of nitrogens with zero attached hydrogens (tertiary/aromatic N) is 2. The third-order valence-electron chi connectivity index (χ3n) is 4.80. The number of hydrogen-bond acceptors (Lipinski definition) is 2. The Balaban J connectivity index is 1.49. The van der Waals surface area contributed by atoms with E-state index in [-0.39, 0.29) is 11.9 Å². The Labute approximate surface area is 178 Å². The standard InChI is InChI=1S/C21H23BrClN3O2/c22-19-5-2-1-4-16(19)6-11-20(27)25-12-3-13-26(15-14-25)21(28)24-18-9-7-17(23)8-10-18/h1-2,4-5,7-10H,3,6,11-15H2,(H,24,28). The molecular formula is C21H23BrClN3O2. The van der Waals surface area contributed by atoms with E-state index in [2.05, 4.69) is 21.2 Å². The molecule has 1 fully saturated rings. The minimum Gasteiger partial charge on any atom is -0.341 e. The molecule has 0 unspecified atom stereocenters. The van der Waals surface area contributed by atoms with Crippen molar-refractivity contribution in [3.8, 4) is 0 Å². The molecule has 2 aromatic carbocycles. The van der Waals surface area contributed by atoms with Gasteiger partial charge < -0.3 is 15.1 Å². The molecule has 1 saturated heterocycles. The van der Waals surface area contributed by atoms with Crippen LogP contribution in [0.3, 0.4) is 0 Å². The fourth-order valence-corrected chi connectivity index (χ4v) is 3.82. The molecule has 3 rings (SSSR count). The summed E-state index contributed by atoms with van der Waals surface area (Å²) in [6.45, 7) is 2.40. The highest BCUT2D eigenvalue weighted by atomic mass is 79.9. The highest BCUT2D eigenvalue weighted by molar-refractivity contribution is 9.10. The van der Waals surface area contributed by atoms with Crippen LogP contribution in [0.2, 0.25) is 5.02 Å². The normalized spacial score (nSPS) is 14.5. The smallest absolute Gasteiger partial charge is 0.321 e. The summed E-state index contributed by atoms with van der Waals surface area (Å²) in [6.07, 6.45) is 1.95. The molecule has 0 saturated carbocycles. The van der Waals surface area contributed by atoms with E-state index in [1.165, 1.54) is 0 Å². The Morgan fingerprint density at radius 3 is 2.39 bits per heavy atom. The van der Waals surface area contributed by atoms with Crippen molar-refractivity contribution in [2.24, 2.45) is 0 Å². The molecule has 0 aliphatic carbocycles. The van der Waals surface area contributed by atoms with Crippen LogP contribution >= 0.6 is 27.5 Å². The van der Waals surface area contributed by atoms with E-state index >= 15 is 0 Å². The Morgan fingerprint density at radius 2 is 1.64 bits per heavy atom. The summed E-state index contributed by atoms with van der Waals surface area (Å²) in [5, 5.41) is 3.51. The number of nitrogens with one attached hydrogen (secondary N) is 1. The first kappa shape index (κ1) is 20.7. The highest BCUT2D eigenvalue weighted by Crippen LogP contribution is 2.18. The number of carbonyl (C=O) groups excluding carboxylic acids is 2. The van der Waals surface area contributed by atoms with E-state index < -0.39 is 0 Å². The molecule has 0 bridgehead atoms. The number of benzene rings is 2. The van der Waals surface area contributed by atoms with Gasteiger partial charge in [0, 0.05) is 47.8 Å². The molecule has 1 N–H and O–H groups in total. The summed E-state index contributed by atoms with van der Waals surface area (Å²) in [5.41, 5.74) is 1.84. The topological polar surface area (TPSA) is 52.7 Å². The van der Waals surface area contributed by atoms with Crippen LogP contribution in [0.4, 0.5) is 10.5 Å². The monoisotopic (exact) mass is 463 g/mol. The third-order valence-corrected chi connectivity index (χ3v) is 5.82. The molecule has 0 atom stereocenters. The predicted octanol–water partition coefficient (Wildman–Crippen LogP) is 4.80. The molecule has 0 aromatic heterocycles. The second kappa shape index (κ2) is 9.94. The van der Waals surface area contributed by atoms with Crippen molar-refractivity contribution in [1.82, 2.24) is 9.80 Å². The number of anilines is 1. The van der Waals surface area contributed by atoms with Gasteiger partial charge in [-0.3, -0.25) is 4.79 Å². The molecule has 148 valence electrons. The quantitative estimate of drug-likeness (QED) is 0.706. The SMILES string of the molecule is O=C(CCc1ccccc1Br)N1CCCN(C(=O)Nc2ccc(Cl)cc2)CC1. The third kappa shape index (κ3) is 5.72. The fraction of sp³-hybridized carbons (Fsp3) is 0.333. The van der Waals surface area contributed by atoms with Crippen molar-refractivity contribution in [2.75, 3.05) is 31.5 Å². The molecular weight excluding hydrogens is 442 g/mol. The van der Waals surface area contributed by atoms with Crippen molar-refractivity contribution < 1.29 is 9.59 Å². The van der Waals surface area contributed by atoms with Crippen LogP contribution in [0.5, 0.6) is 0 Å². The van der Waals surface area contributed by atoms with Gasteiger partial charge >= 0.3 is 6.03 Å². The van der Waals surface area contributed by atoms with Gasteiger partial charge in [-0.1, -0.05) is 45.7 Å². The van der Waals surface area contributed by atoms with Crippen LogP contribution in [-0.4, -0.2) is 47.9 Å². The summed E-state index contributed by atoms with van der Waals surface area (Å²) < 4.78 is 1.03. The van der Waals surface area contributed by atoms with E-state index in [1.807, 2.05) is 29.2 Å². The predicted molar refractivity (Wildman–Crippen MR) is 116 cm³/mol. The van der Waals surface area contributed by atoms with Gasteiger partial charge in [0.1, 0.15) is 0 Å². The van der Waals surface area contributed by atoms with Crippen LogP contribution in [0.1, 0.15) is 18.4 Å². The number of aryl methyl sites for hydroxylation is 1. The van der Waals surface area contributed by atoms with E-state index in [4.69, 9.17) is 11.6 Å². The van der Waals surface area contributed by atoms with Gasteiger partial charge in [-0.15, -0.1) is 0 Å². The number of carbonyl (C=O) groups is 2. The van der Waals surface area contributed by atoms with Crippen molar-refractivity contribution in [3.63, 3.8) is 0 Å². The van der Waals surface area contributed by atoms with Crippen LogP contribution in [-0.2, 0) is 11.2 Å². The molecule has 2 aromatic rings. The van der Waals surface area contributed by atoms with E-state index in [0.717, 1.165) is 16.5 Å². The Bertz CT molecular complexity index is 829. The van der Waals surface area contributed by atoms with Crippen LogP contribution in [0.15, 0.2) is 53.0 Å². The van der Waals surface area contributed by atoms with E-state index in [1.54, 1.807) is 29.2 Å². The number of rotatable bonds is 4. The summed E-state index contributed by atoms with van der Waals surface area (Å²) in [6, 6.07) is 14.8. The first-order valence-electron chi connectivity index (χ1n) is 9.35. The molecule has 0 spiro atoms. The zero-order valence-corrected chi connectivity index (χ0v) is 17.9. The second-order valence-corrected chi connectivity index (χ2v) is 8.04. The maximum Gasteiger partial charge on any atom is 0.321 e. The van der Waals surface area contributed by atoms with Gasteiger partial charge in [-0.05, 0) is 48.7 Å². The van der Waals surface area contributed by atoms with Crippen molar-refractivity contribution in [1.29, 1.82) is 0 Å². The van der Waals surface area contributed by atoms with Crippen LogP contribution < -0.4 is 5.32 Å². The van der Waals surface area contributed by atoms with Crippen molar-refractivity contribution in [3.05, 3.63) is 63.6 Å². The van der Waals surface area contributed by atoms with Gasteiger partial charge in [-0.2, -0.15) is 0 Å². The van der Waals surface area contributed by atoms with Gasteiger partial charge in [0.2, 0.25) is 5.91 Å². The summed E-state index contributed by atoms with van der Waals surface area (Å²) in [5.74, 6) is 0.135. The lowest BCUT2D eigenvalue weighted by Crippen LogP contribution is -2.39. The van der Waals surface area contributed by atoms with Gasteiger partial charge in [0.05, 0.1) is 0 Å². The lowest BCUT2D eigenvalue weighted by Gasteiger charge is -2.22. The maximum atomic E-state index is 12.6. The van der Waals surface area contributed by atoms with Gasteiger partial charge in [0.25, 0.3) is 0 Å². The average molecular weight is 465 g/mol. The van der Waals surface area contributed by atoms with Crippen molar-refractivity contribution >= 4 is 45.2 Å². The number of hydrogen-bond donors (Lipinski definition) is 1. The second-order valence-electron chi connectivity index (χ2n) is 6.75. The molecule has 0 radical (unpaired) electrons. The van der Waals surface area contributed by atoms with E-state index in [9.17, 15) is 9.59 Å². The van der Waals surface area contributed by atoms with Crippen LogP contribution in [0, 0.1) is 0 Å². The van der Waals surface area contributed by atoms with E-state index in [0.29, 0.717) is 49.7 Å². The lowest BCUT2D eigenvalue weighted by atomic mass is 10.1. The highest BCUT2D eigenvalue weighted by Gasteiger charge is 2.22. The van der Waals surface area contributed by atoms with Crippen molar-refractivity contribution in [2.45, 2.75) is 19.3 Å². The molecule has 1 aliphatic rings. The number of amides is 3. The Kier molecular flexibility index (Phi) is 7.34. The first-order chi connectivity index (χ1) is 13.5. The van der Waals surface area contributed by atoms with Gasteiger partial charge in [0.15, 0.2) is 0 Å². The Hall–Kier alpha value is -2.05. The zero-order chi connectivity index (χ0) is 19.9. The Morgan fingerprint density at radius 1 is 0.964 bits per heavy atom. The summed E-state index contributed by atoms with van der Waals surface area (Å²) in [7, 11) is 0. The zero-order valence-electron chi connectivity index (χ0n) is 15.5. The molecule has 1 heterocycles. The lowest BCUT2D eigenvalue weighted by molar-refractivity contribution is -0.131. The summed E-state index contributed by atoms with van der Waals surface area (Å²) >= 11 is 9.40. The minimum absolute atomic E-state index is 0.135. The minimum atomic E-state index is -0.148. The fourth-order valence-electron chi connectivity index (χ4n) is 3.21. The number of urea groups is 1. The largest absolute Gasteiger partial charge is 0.341 e.